The van der Waals surface area contributed by atoms with Gasteiger partial charge in [0.25, 0.3) is 11.8 Å². The number of rotatable bonds is 11. The summed E-state index contributed by atoms with van der Waals surface area (Å²) in [7, 11) is 1.49. The van der Waals surface area contributed by atoms with Crippen LogP contribution in [-0.2, 0) is 9.53 Å². The first-order valence-corrected chi connectivity index (χ1v) is 11.0. The SMILES string of the molecule is CCN(CC)C(=O)c1ccc(NC(=O)COC(=O)c2ccc(OCC(C)C)c(OC)c2)cc1. The van der Waals surface area contributed by atoms with Gasteiger partial charge in [0.2, 0.25) is 0 Å². The molecule has 2 aromatic rings. The van der Waals surface area contributed by atoms with Gasteiger partial charge < -0.3 is 24.4 Å². The van der Waals surface area contributed by atoms with Crippen molar-refractivity contribution in [3.63, 3.8) is 0 Å². The third-order valence-corrected chi connectivity index (χ3v) is 4.77. The van der Waals surface area contributed by atoms with Gasteiger partial charge in [-0.15, -0.1) is 0 Å². The number of methoxy groups -OCH3 is 1. The topological polar surface area (TPSA) is 94.2 Å². The highest BCUT2D eigenvalue weighted by Crippen LogP contribution is 2.28. The standard InChI is InChI=1S/C25H32N2O6/c1-6-27(7-2)24(29)18-8-11-20(12-9-18)26-23(28)16-33-25(30)19-10-13-21(22(14-19)31-5)32-15-17(3)4/h8-14,17H,6-7,15-16H2,1-5H3,(H,26,28). The van der Waals surface area contributed by atoms with Gasteiger partial charge in [0.1, 0.15) is 0 Å². The Bertz CT molecular complexity index is 952. The largest absolute Gasteiger partial charge is 0.493 e. The molecule has 0 saturated carbocycles. The summed E-state index contributed by atoms with van der Waals surface area (Å²) >= 11 is 0. The van der Waals surface area contributed by atoms with Crippen LogP contribution in [0, 0.1) is 5.92 Å². The minimum absolute atomic E-state index is 0.0668. The third kappa shape index (κ3) is 7.52. The molecular formula is C25H32N2O6. The zero-order valence-corrected chi connectivity index (χ0v) is 19.8. The number of benzene rings is 2. The molecule has 0 saturated heterocycles. The van der Waals surface area contributed by atoms with E-state index in [1.807, 2.05) is 27.7 Å². The average molecular weight is 457 g/mol. The normalized spacial score (nSPS) is 10.5. The molecule has 2 rings (SSSR count). The lowest BCUT2D eigenvalue weighted by Crippen LogP contribution is -2.30. The molecule has 33 heavy (non-hydrogen) atoms. The lowest BCUT2D eigenvalue weighted by atomic mass is 10.1. The molecule has 0 aromatic heterocycles. The second-order valence-corrected chi connectivity index (χ2v) is 7.75. The fourth-order valence-corrected chi connectivity index (χ4v) is 2.97. The second kappa shape index (κ2) is 12.5. The molecule has 0 aliphatic heterocycles. The first-order chi connectivity index (χ1) is 15.8. The van der Waals surface area contributed by atoms with E-state index in [9.17, 15) is 14.4 Å². The summed E-state index contributed by atoms with van der Waals surface area (Å²) in [6.07, 6.45) is 0. The maximum Gasteiger partial charge on any atom is 0.338 e. The molecule has 1 N–H and O–H groups in total. The third-order valence-electron chi connectivity index (χ3n) is 4.77. The van der Waals surface area contributed by atoms with E-state index in [1.165, 1.54) is 13.2 Å². The molecule has 2 amide bonds. The number of amides is 2. The summed E-state index contributed by atoms with van der Waals surface area (Å²) in [5.41, 5.74) is 1.29. The molecule has 8 nitrogen and oxygen atoms in total. The zero-order valence-electron chi connectivity index (χ0n) is 19.8. The number of hydrogen-bond acceptors (Lipinski definition) is 6. The van der Waals surface area contributed by atoms with Gasteiger partial charge in [-0.1, -0.05) is 13.8 Å². The van der Waals surface area contributed by atoms with E-state index in [0.29, 0.717) is 48.4 Å². The van der Waals surface area contributed by atoms with E-state index in [4.69, 9.17) is 14.2 Å². The fraction of sp³-hybridized carbons (Fsp3) is 0.400. The fourth-order valence-electron chi connectivity index (χ4n) is 2.97. The minimum atomic E-state index is -0.654. The van der Waals surface area contributed by atoms with Gasteiger partial charge in [0, 0.05) is 24.3 Å². The Balaban J connectivity index is 1.91. The summed E-state index contributed by atoms with van der Waals surface area (Å²) in [5, 5.41) is 2.65. The highest BCUT2D eigenvalue weighted by Gasteiger charge is 2.15. The van der Waals surface area contributed by atoms with Gasteiger partial charge in [-0.05, 0) is 62.2 Å². The Labute approximate surface area is 194 Å². The van der Waals surface area contributed by atoms with Crippen LogP contribution in [0.2, 0.25) is 0 Å². The molecule has 0 fully saturated rings. The number of ether oxygens (including phenoxy) is 3. The Morgan fingerprint density at radius 2 is 1.58 bits per heavy atom. The zero-order chi connectivity index (χ0) is 24.4. The Hall–Kier alpha value is -3.55. The minimum Gasteiger partial charge on any atom is -0.493 e. The average Bonchev–Trinajstić information content (AvgIpc) is 2.82. The Kier molecular flexibility index (Phi) is 9.72. The molecule has 0 unspecified atom stereocenters. The second-order valence-electron chi connectivity index (χ2n) is 7.75. The number of carbonyl (C=O) groups excluding carboxylic acids is 3. The summed E-state index contributed by atoms with van der Waals surface area (Å²) in [4.78, 5) is 38.6. The van der Waals surface area contributed by atoms with Crippen molar-refractivity contribution in [3.8, 4) is 11.5 Å². The molecule has 0 heterocycles. The van der Waals surface area contributed by atoms with Crippen LogP contribution in [0.15, 0.2) is 42.5 Å². The lowest BCUT2D eigenvalue weighted by Gasteiger charge is -2.18. The van der Waals surface area contributed by atoms with E-state index < -0.39 is 18.5 Å². The van der Waals surface area contributed by atoms with Crippen LogP contribution in [0.1, 0.15) is 48.4 Å². The molecule has 0 aliphatic carbocycles. The van der Waals surface area contributed by atoms with Crippen LogP contribution in [-0.4, -0.2) is 56.1 Å². The predicted octanol–water partition coefficient (Wildman–Crippen LogP) is 4.01. The lowest BCUT2D eigenvalue weighted by molar-refractivity contribution is -0.119. The maximum absolute atomic E-state index is 12.3. The van der Waals surface area contributed by atoms with Crippen molar-refractivity contribution in [2.75, 3.05) is 38.7 Å². The van der Waals surface area contributed by atoms with Crippen molar-refractivity contribution in [1.82, 2.24) is 4.90 Å². The van der Waals surface area contributed by atoms with Crippen LogP contribution in [0.4, 0.5) is 5.69 Å². The molecule has 0 bridgehead atoms. The van der Waals surface area contributed by atoms with Gasteiger partial charge >= 0.3 is 5.97 Å². The number of hydrogen-bond donors (Lipinski definition) is 1. The van der Waals surface area contributed by atoms with E-state index in [-0.39, 0.29) is 11.5 Å². The van der Waals surface area contributed by atoms with Crippen LogP contribution < -0.4 is 14.8 Å². The molecule has 178 valence electrons. The summed E-state index contributed by atoms with van der Waals surface area (Å²) in [6, 6.07) is 11.3. The van der Waals surface area contributed by atoms with Crippen molar-refractivity contribution in [1.29, 1.82) is 0 Å². The maximum atomic E-state index is 12.3. The molecule has 0 aliphatic rings. The van der Waals surface area contributed by atoms with Crippen molar-refractivity contribution in [3.05, 3.63) is 53.6 Å². The van der Waals surface area contributed by atoms with Crippen LogP contribution in [0.25, 0.3) is 0 Å². The van der Waals surface area contributed by atoms with Gasteiger partial charge in [-0.25, -0.2) is 4.79 Å². The van der Waals surface area contributed by atoms with Crippen LogP contribution in [0.5, 0.6) is 11.5 Å². The van der Waals surface area contributed by atoms with Gasteiger partial charge in [0.15, 0.2) is 18.1 Å². The highest BCUT2D eigenvalue weighted by atomic mass is 16.5. The van der Waals surface area contributed by atoms with Gasteiger partial charge in [0.05, 0.1) is 19.3 Å². The first kappa shape index (κ1) is 25.7. The smallest absolute Gasteiger partial charge is 0.338 e. The van der Waals surface area contributed by atoms with Crippen molar-refractivity contribution in [2.24, 2.45) is 5.92 Å². The Morgan fingerprint density at radius 1 is 0.939 bits per heavy atom. The molecule has 8 heteroatoms. The van der Waals surface area contributed by atoms with Crippen molar-refractivity contribution < 1.29 is 28.6 Å². The van der Waals surface area contributed by atoms with Gasteiger partial charge in [-0.3, -0.25) is 9.59 Å². The molecular weight excluding hydrogens is 424 g/mol. The van der Waals surface area contributed by atoms with E-state index >= 15 is 0 Å². The number of carbonyl (C=O) groups is 3. The van der Waals surface area contributed by atoms with E-state index in [0.717, 1.165) is 0 Å². The molecule has 0 atom stereocenters. The van der Waals surface area contributed by atoms with Crippen LogP contribution >= 0.6 is 0 Å². The molecule has 0 spiro atoms. The number of esters is 1. The highest BCUT2D eigenvalue weighted by molar-refractivity contribution is 5.97. The van der Waals surface area contributed by atoms with Crippen LogP contribution in [0.3, 0.4) is 0 Å². The monoisotopic (exact) mass is 456 g/mol. The number of nitrogens with one attached hydrogen (secondary N) is 1. The summed E-state index contributed by atoms with van der Waals surface area (Å²) in [6.45, 7) is 9.22. The molecule has 2 aromatic carbocycles. The van der Waals surface area contributed by atoms with Crippen molar-refractivity contribution >= 4 is 23.5 Å². The predicted molar refractivity (Wildman–Crippen MR) is 126 cm³/mol. The first-order valence-electron chi connectivity index (χ1n) is 11.0. The quantitative estimate of drug-likeness (QED) is 0.514. The number of nitrogens with zero attached hydrogens (tertiary/aromatic N) is 1. The Morgan fingerprint density at radius 3 is 2.15 bits per heavy atom. The summed E-state index contributed by atoms with van der Waals surface area (Å²) in [5.74, 6) is 0.0751. The molecule has 0 radical (unpaired) electrons. The van der Waals surface area contributed by atoms with E-state index in [1.54, 1.807) is 41.3 Å². The summed E-state index contributed by atoms with van der Waals surface area (Å²) < 4.78 is 16.1. The van der Waals surface area contributed by atoms with E-state index in [2.05, 4.69) is 5.32 Å². The number of anilines is 1. The van der Waals surface area contributed by atoms with Crippen molar-refractivity contribution in [2.45, 2.75) is 27.7 Å². The van der Waals surface area contributed by atoms with Gasteiger partial charge in [-0.2, -0.15) is 0 Å².